The van der Waals surface area contributed by atoms with Crippen molar-refractivity contribution < 1.29 is 28.6 Å². The van der Waals surface area contributed by atoms with Crippen LogP contribution in [0.3, 0.4) is 0 Å². The third kappa shape index (κ3) is 70.3. The van der Waals surface area contributed by atoms with Crippen molar-refractivity contribution in [2.75, 3.05) is 13.2 Å². The smallest absolute Gasteiger partial charge is 0.306 e. The van der Waals surface area contributed by atoms with Gasteiger partial charge in [-0.3, -0.25) is 14.4 Å². The van der Waals surface area contributed by atoms with Gasteiger partial charge in [-0.05, 0) is 77.0 Å². The standard InChI is InChI=1S/C77H144O6/c1-4-7-10-13-16-19-22-25-28-31-34-35-36-37-38-39-40-41-44-46-49-52-55-58-61-64-67-70-76(79)82-73-74(83-77(80)71-68-65-62-59-56-53-50-47-43-33-30-27-24-21-18-15-12-9-6-3)72-81-75(78)69-66-63-60-57-54-51-48-45-42-32-29-26-23-20-17-14-11-8-5-2/h18,21,26-27,29-30,74H,4-17,19-20,22-25,28,31-73H2,1-3H3/b21-18-,29-26-,30-27-. The third-order valence-electron chi connectivity index (χ3n) is 17.1. The first kappa shape index (κ1) is 80.6. The Hall–Kier alpha value is -2.37. The maximum Gasteiger partial charge on any atom is 0.306 e. The molecule has 0 aromatic rings. The Morgan fingerprint density at radius 1 is 0.241 bits per heavy atom. The molecule has 0 aliphatic rings. The summed E-state index contributed by atoms with van der Waals surface area (Å²) in [5.74, 6) is -0.843. The van der Waals surface area contributed by atoms with Crippen molar-refractivity contribution in [3.8, 4) is 0 Å². The molecule has 0 amide bonds. The molecule has 0 aromatic carbocycles. The van der Waals surface area contributed by atoms with E-state index in [0.717, 1.165) is 64.2 Å². The Kier molecular flexibility index (Phi) is 70.0. The SMILES string of the molecule is CCCCC/C=C\C/C=C\CCCCCCCCCCCC(=O)OC(COC(=O)CCCCCCCCCCC/C=C\CCCCCCCC)COC(=O)CCCCCCCCCCCCCCCCCCCCCCCCCCCCC. The van der Waals surface area contributed by atoms with Crippen molar-refractivity contribution in [2.45, 2.75) is 425 Å². The van der Waals surface area contributed by atoms with Gasteiger partial charge in [-0.25, -0.2) is 0 Å². The highest BCUT2D eigenvalue weighted by molar-refractivity contribution is 5.71. The van der Waals surface area contributed by atoms with Crippen LogP contribution in [0.1, 0.15) is 419 Å². The predicted octanol–water partition coefficient (Wildman–Crippen LogP) is 25.9. The van der Waals surface area contributed by atoms with E-state index >= 15 is 0 Å². The second-order valence-corrected chi connectivity index (χ2v) is 25.6. The first-order chi connectivity index (χ1) is 41.0. The molecule has 1 atom stereocenters. The van der Waals surface area contributed by atoms with E-state index in [4.69, 9.17) is 14.2 Å². The molecule has 488 valence electrons. The van der Waals surface area contributed by atoms with Crippen molar-refractivity contribution in [3.63, 3.8) is 0 Å². The number of carbonyl (C=O) groups excluding carboxylic acids is 3. The lowest BCUT2D eigenvalue weighted by molar-refractivity contribution is -0.167. The zero-order valence-corrected chi connectivity index (χ0v) is 56.2. The van der Waals surface area contributed by atoms with Crippen LogP contribution in [0.5, 0.6) is 0 Å². The third-order valence-corrected chi connectivity index (χ3v) is 17.1. The number of rotatable bonds is 70. The van der Waals surface area contributed by atoms with Gasteiger partial charge in [0.15, 0.2) is 6.10 Å². The monoisotopic (exact) mass is 1170 g/mol. The van der Waals surface area contributed by atoms with Crippen molar-refractivity contribution in [1.29, 1.82) is 0 Å². The molecule has 0 aliphatic carbocycles. The average molecular weight is 1170 g/mol. The number of unbranched alkanes of at least 4 members (excludes halogenated alkanes) is 53. The van der Waals surface area contributed by atoms with E-state index in [9.17, 15) is 14.4 Å². The van der Waals surface area contributed by atoms with E-state index in [1.165, 1.54) is 315 Å². The highest BCUT2D eigenvalue weighted by Gasteiger charge is 2.20. The number of hydrogen-bond acceptors (Lipinski definition) is 6. The molecule has 0 radical (unpaired) electrons. The Balaban J connectivity index is 4.26. The van der Waals surface area contributed by atoms with E-state index in [1.54, 1.807) is 0 Å². The summed E-state index contributed by atoms with van der Waals surface area (Å²) in [4.78, 5) is 38.5. The molecule has 1 unspecified atom stereocenters. The van der Waals surface area contributed by atoms with Crippen LogP contribution in [0.15, 0.2) is 36.5 Å². The van der Waals surface area contributed by atoms with Gasteiger partial charge < -0.3 is 14.2 Å². The topological polar surface area (TPSA) is 78.9 Å². The van der Waals surface area contributed by atoms with Gasteiger partial charge in [0.05, 0.1) is 0 Å². The van der Waals surface area contributed by atoms with Crippen LogP contribution in [-0.4, -0.2) is 37.2 Å². The van der Waals surface area contributed by atoms with Gasteiger partial charge in [0.2, 0.25) is 0 Å². The summed E-state index contributed by atoms with van der Waals surface area (Å²) in [6, 6.07) is 0. The normalized spacial score (nSPS) is 12.2. The fraction of sp³-hybridized carbons (Fsp3) is 0.883. The average Bonchev–Trinajstić information content (AvgIpc) is 3.50. The van der Waals surface area contributed by atoms with Gasteiger partial charge in [0, 0.05) is 19.3 Å². The fourth-order valence-electron chi connectivity index (χ4n) is 11.5. The highest BCUT2D eigenvalue weighted by Crippen LogP contribution is 2.19. The van der Waals surface area contributed by atoms with Gasteiger partial charge >= 0.3 is 17.9 Å². The van der Waals surface area contributed by atoms with Crippen LogP contribution < -0.4 is 0 Å². The van der Waals surface area contributed by atoms with Gasteiger partial charge in [-0.15, -0.1) is 0 Å². The van der Waals surface area contributed by atoms with Crippen LogP contribution in [0, 0.1) is 0 Å². The molecule has 0 rings (SSSR count). The summed E-state index contributed by atoms with van der Waals surface area (Å²) in [6.45, 7) is 6.69. The summed E-state index contributed by atoms with van der Waals surface area (Å²) in [7, 11) is 0. The predicted molar refractivity (Wildman–Crippen MR) is 362 cm³/mol. The maximum absolute atomic E-state index is 13.0. The van der Waals surface area contributed by atoms with Gasteiger partial charge in [0.1, 0.15) is 13.2 Å². The molecular formula is C77H144O6. The van der Waals surface area contributed by atoms with E-state index in [0.29, 0.717) is 19.3 Å². The second kappa shape index (κ2) is 72.1. The molecule has 0 spiro atoms. The Labute approximate surface area is 518 Å². The van der Waals surface area contributed by atoms with Gasteiger partial charge in [-0.2, -0.15) is 0 Å². The quantitative estimate of drug-likeness (QED) is 0.0261. The molecule has 6 nitrogen and oxygen atoms in total. The maximum atomic E-state index is 13.0. The number of ether oxygens (including phenoxy) is 3. The van der Waals surface area contributed by atoms with E-state index in [-0.39, 0.29) is 31.1 Å². The van der Waals surface area contributed by atoms with Crippen molar-refractivity contribution >= 4 is 17.9 Å². The Morgan fingerprint density at radius 3 is 0.699 bits per heavy atom. The van der Waals surface area contributed by atoms with Gasteiger partial charge in [0.25, 0.3) is 0 Å². The van der Waals surface area contributed by atoms with Gasteiger partial charge in [-0.1, -0.05) is 359 Å². The Bertz CT molecular complexity index is 1380. The lowest BCUT2D eigenvalue weighted by Crippen LogP contribution is -2.30. The van der Waals surface area contributed by atoms with Crippen LogP contribution >= 0.6 is 0 Å². The molecule has 83 heavy (non-hydrogen) atoms. The summed E-state index contributed by atoms with van der Waals surface area (Å²) >= 11 is 0. The molecule has 0 N–H and O–H groups in total. The minimum atomic E-state index is -0.775. The van der Waals surface area contributed by atoms with E-state index in [1.807, 2.05) is 0 Å². The number of hydrogen-bond donors (Lipinski definition) is 0. The van der Waals surface area contributed by atoms with Crippen LogP contribution in [-0.2, 0) is 28.6 Å². The van der Waals surface area contributed by atoms with Crippen molar-refractivity contribution in [1.82, 2.24) is 0 Å². The minimum Gasteiger partial charge on any atom is -0.462 e. The summed E-state index contributed by atoms with van der Waals surface area (Å²) in [5.41, 5.74) is 0. The van der Waals surface area contributed by atoms with Crippen molar-refractivity contribution in [2.24, 2.45) is 0 Å². The van der Waals surface area contributed by atoms with Crippen LogP contribution in [0.25, 0.3) is 0 Å². The number of carbonyl (C=O) groups is 3. The lowest BCUT2D eigenvalue weighted by atomic mass is 10.0. The van der Waals surface area contributed by atoms with Crippen LogP contribution in [0.2, 0.25) is 0 Å². The van der Waals surface area contributed by atoms with Crippen LogP contribution in [0.4, 0.5) is 0 Å². The number of esters is 3. The fourth-order valence-corrected chi connectivity index (χ4v) is 11.5. The molecular weight excluding hydrogens is 1020 g/mol. The molecule has 0 aromatic heterocycles. The summed E-state index contributed by atoms with van der Waals surface area (Å²) in [6.07, 6.45) is 90.4. The summed E-state index contributed by atoms with van der Waals surface area (Å²) in [5, 5.41) is 0. The zero-order valence-electron chi connectivity index (χ0n) is 56.2. The van der Waals surface area contributed by atoms with Crippen molar-refractivity contribution in [3.05, 3.63) is 36.5 Å². The first-order valence-corrected chi connectivity index (χ1v) is 37.5. The first-order valence-electron chi connectivity index (χ1n) is 37.5. The van der Waals surface area contributed by atoms with E-state index < -0.39 is 6.10 Å². The largest absolute Gasteiger partial charge is 0.462 e. The second-order valence-electron chi connectivity index (χ2n) is 25.6. The van der Waals surface area contributed by atoms with E-state index in [2.05, 4.69) is 57.2 Å². The number of allylic oxidation sites excluding steroid dienone is 6. The molecule has 0 saturated carbocycles. The molecule has 0 heterocycles. The highest BCUT2D eigenvalue weighted by atomic mass is 16.6. The molecule has 6 heteroatoms. The molecule has 0 fully saturated rings. The molecule has 0 saturated heterocycles. The zero-order chi connectivity index (χ0) is 59.9. The Morgan fingerprint density at radius 2 is 0.434 bits per heavy atom. The molecule has 0 aliphatic heterocycles. The lowest BCUT2D eigenvalue weighted by Gasteiger charge is -2.18. The minimum absolute atomic E-state index is 0.0693. The summed E-state index contributed by atoms with van der Waals surface area (Å²) < 4.78 is 17.0. The molecule has 0 bridgehead atoms.